The molecular formula is C23H27N5O3. The highest BCUT2D eigenvalue weighted by atomic mass is 16.5. The Balaban J connectivity index is 1.74. The molecule has 1 aromatic heterocycles. The molecule has 2 aromatic carbocycles. The van der Waals surface area contributed by atoms with Crippen LogP contribution in [-0.4, -0.2) is 59.3 Å². The second-order valence-electron chi connectivity index (χ2n) is 8.13. The summed E-state index contributed by atoms with van der Waals surface area (Å²) in [5.41, 5.74) is 0.949. The van der Waals surface area contributed by atoms with Gasteiger partial charge in [-0.3, -0.25) is 0 Å². The van der Waals surface area contributed by atoms with E-state index in [0.29, 0.717) is 49.5 Å². The lowest BCUT2D eigenvalue weighted by atomic mass is 10.0. The number of nitrogens with two attached hydrogens (primary N) is 1. The van der Waals surface area contributed by atoms with Gasteiger partial charge >= 0.3 is 0 Å². The van der Waals surface area contributed by atoms with Crippen molar-refractivity contribution in [2.24, 2.45) is 10.9 Å². The Bertz CT molecular complexity index is 1090. The predicted octanol–water partition coefficient (Wildman–Crippen LogP) is 2.33. The second-order valence-corrected chi connectivity index (χ2v) is 8.13. The fourth-order valence-corrected chi connectivity index (χ4v) is 3.39. The van der Waals surface area contributed by atoms with Crippen molar-refractivity contribution in [2.45, 2.75) is 19.4 Å². The Kier molecular flexibility index (Phi) is 6.01. The normalized spacial score (nSPS) is 15.3. The Morgan fingerprint density at radius 1 is 1.13 bits per heavy atom. The first-order valence-electron chi connectivity index (χ1n) is 10.3. The van der Waals surface area contributed by atoms with Crippen LogP contribution in [0.15, 0.2) is 53.6 Å². The Hall–Kier alpha value is -3.23. The first-order chi connectivity index (χ1) is 14.9. The van der Waals surface area contributed by atoms with Crippen LogP contribution in [0.4, 0.5) is 5.95 Å². The Morgan fingerprint density at radius 3 is 2.58 bits per heavy atom. The van der Waals surface area contributed by atoms with E-state index in [2.05, 4.69) is 16.2 Å². The molecule has 0 radical (unpaired) electrons. The van der Waals surface area contributed by atoms with E-state index in [1.807, 2.05) is 41.3 Å². The topological polar surface area (TPSA) is 106 Å². The maximum Gasteiger partial charge on any atom is 0.229 e. The number of morpholine rings is 1. The summed E-state index contributed by atoms with van der Waals surface area (Å²) in [7, 11) is 0. The van der Waals surface area contributed by atoms with E-state index in [4.69, 9.17) is 20.3 Å². The van der Waals surface area contributed by atoms with E-state index in [0.717, 1.165) is 16.3 Å². The number of rotatable bonds is 6. The highest BCUT2D eigenvalue weighted by Gasteiger charge is 2.21. The third-order valence-electron chi connectivity index (χ3n) is 4.95. The zero-order valence-corrected chi connectivity index (χ0v) is 17.8. The van der Waals surface area contributed by atoms with Crippen LogP contribution in [0.3, 0.4) is 0 Å². The van der Waals surface area contributed by atoms with Gasteiger partial charge in [0.25, 0.3) is 0 Å². The summed E-state index contributed by atoms with van der Waals surface area (Å²) in [6, 6.07) is 15.9. The van der Waals surface area contributed by atoms with Crippen LogP contribution in [0, 0.1) is 0 Å². The molecule has 31 heavy (non-hydrogen) atoms. The minimum absolute atomic E-state index is 0.0943. The van der Waals surface area contributed by atoms with Gasteiger partial charge < -0.3 is 25.3 Å². The quantitative estimate of drug-likeness (QED) is 0.357. The van der Waals surface area contributed by atoms with Crippen molar-refractivity contribution in [3.8, 4) is 5.88 Å². The summed E-state index contributed by atoms with van der Waals surface area (Å²) in [4.78, 5) is 11.3. The van der Waals surface area contributed by atoms with Gasteiger partial charge in [-0.1, -0.05) is 36.4 Å². The number of fused-ring (bicyclic) bond motifs is 1. The highest BCUT2D eigenvalue weighted by molar-refractivity contribution is 6.13. The molecule has 4 rings (SSSR count). The lowest BCUT2D eigenvalue weighted by Crippen LogP contribution is -2.37. The lowest BCUT2D eigenvalue weighted by molar-refractivity contribution is 0.0268. The molecule has 162 valence electrons. The van der Waals surface area contributed by atoms with Gasteiger partial charge in [0, 0.05) is 24.7 Å². The van der Waals surface area contributed by atoms with Gasteiger partial charge in [-0.05, 0) is 30.7 Å². The van der Waals surface area contributed by atoms with Gasteiger partial charge in [0.05, 0.1) is 18.8 Å². The zero-order valence-electron chi connectivity index (χ0n) is 17.8. The maximum absolute atomic E-state index is 10.1. The third kappa shape index (κ3) is 5.10. The molecule has 0 saturated carbocycles. The second kappa shape index (κ2) is 8.87. The maximum atomic E-state index is 10.1. The highest BCUT2D eigenvalue weighted by Crippen LogP contribution is 2.23. The summed E-state index contributed by atoms with van der Waals surface area (Å²) >= 11 is 0. The van der Waals surface area contributed by atoms with Crippen molar-refractivity contribution < 1.29 is 14.6 Å². The number of ether oxygens (including phenoxy) is 2. The Labute approximate surface area is 181 Å². The Morgan fingerprint density at radius 2 is 1.87 bits per heavy atom. The van der Waals surface area contributed by atoms with Gasteiger partial charge in [-0.25, -0.2) is 4.98 Å². The molecule has 0 atom stereocenters. The predicted molar refractivity (Wildman–Crippen MR) is 121 cm³/mol. The van der Waals surface area contributed by atoms with Crippen molar-refractivity contribution in [1.82, 2.24) is 9.97 Å². The smallest absolute Gasteiger partial charge is 0.229 e. The number of hydrogen-bond acceptors (Lipinski definition) is 8. The molecule has 8 nitrogen and oxygen atoms in total. The van der Waals surface area contributed by atoms with E-state index >= 15 is 0 Å². The molecule has 0 spiro atoms. The SMILES string of the molecule is CC(C)(O)COc1cc(C(=NN)c2ccc3ccccc3c2)nc(N2CCOCC2)n1. The van der Waals surface area contributed by atoms with Crippen LogP contribution >= 0.6 is 0 Å². The molecule has 2 heterocycles. The van der Waals surface area contributed by atoms with E-state index in [-0.39, 0.29) is 6.61 Å². The van der Waals surface area contributed by atoms with Crippen LogP contribution < -0.4 is 15.5 Å². The van der Waals surface area contributed by atoms with Gasteiger partial charge in [0.2, 0.25) is 11.8 Å². The van der Waals surface area contributed by atoms with Crippen LogP contribution in [0.2, 0.25) is 0 Å². The number of hydrogen-bond donors (Lipinski definition) is 2. The minimum atomic E-state index is -0.993. The summed E-state index contributed by atoms with van der Waals surface area (Å²) < 4.78 is 11.2. The number of aliphatic hydroxyl groups is 1. The molecule has 1 saturated heterocycles. The fraction of sp³-hybridized carbons (Fsp3) is 0.348. The molecule has 3 aromatic rings. The molecule has 1 fully saturated rings. The molecule has 1 aliphatic heterocycles. The first-order valence-corrected chi connectivity index (χ1v) is 10.3. The number of hydrazone groups is 1. The van der Waals surface area contributed by atoms with E-state index < -0.39 is 5.60 Å². The number of aromatic nitrogens is 2. The molecule has 8 heteroatoms. The number of benzene rings is 2. The molecule has 1 aliphatic rings. The van der Waals surface area contributed by atoms with Gasteiger partial charge in [-0.2, -0.15) is 10.1 Å². The van der Waals surface area contributed by atoms with Crippen molar-refractivity contribution in [3.63, 3.8) is 0 Å². The summed E-state index contributed by atoms with van der Waals surface area (Å²) in [6.07, 6.45) is 0. The minimum Gasteiger partial charge on any atom is -0.474 e. The van der Waals surface area contributed by atoms with Gasteiger partial charge in [0.15, 0.2) is 0 Å². The summed E-state index contributed by atoms with van der Waals surface area (Å²) in [5.74, 6) is 6.69. The third-order valence-corrected chi connectivity index (χ3v) is 4.95. The number of nitrogens with zero attached hydrogens (tertiary/aromatic N) is 4. The molecule has 0 bridgehead atoms. The van der Waals surface area contributed by atoms with Gasteiger partial charge in [0.1, 0.15) is 18.0 Å². The molecule has 0 unspecified atom stereocenters. The van der Waals surface area contributed by atoms with Crippen molar-refractivity contribution in [1.29, 1.82) is 0 Å². The molecule has 0 amide bonds. The van der Waals surface area contributed by atoms with E-state index in [9.17, 15) is 5.11 Å². The average Bonchev–Trinajstić information content (AvgIpc) is 2.78. The molecule has 0 aliphatic carbocycles. The van der Waals surface area contributed by atoms with Crippen molar-refractivity contribution >= 4 is 22.4 Å². The fourth-order valence-electron chi connectivity index (χ4n) is 3.39. The largest absolute Gasteiger partial charge is 0.474 e. The van der Waals surface area contributed by atoms with Crippen LogP contribution in [0.5, 0.6) is 5.88 Å². The van der Waals surface area contributed by atoms with Gasteiger partial charge in [-0.15, -0.1) is 0 Å². The van der Waals surface area contributed by atoms with Crippen LogP contribution in [0.1, 0.15) is 25.1 Å². The first kappa shape index (κ1) is 21.0. The van der Waals surface area contributed by atoms with Crippen LogP contribution in [-0.2, 0) is 4.74 Å². The van der Waals surface area contributed by atoms with E-state index in [1.165, 1.54) is 0 Å². The lowest BCUT2D eigenvalue weighted by Gasteiger charge is -2.27. The standard InChI is InChI=1S/C23H27N5O3/c1-23(2,29)15-31-20-14-19(25-22(26-20)28-9-11-30-12-10-28)21(27-24)18-8-7-16-5-3-4-6-17(16)13-18/h3-8,13-14,29H,9-12,15,24H2,1-2H3. The molecule has 3 N–H and O–H groups in total. The van der Waals surface area contributed by atoms with Crippen molar-refractivity contribution in [2.75, 3.05) is 37.8 Å². The average molecular weight is 422 g/mol. The number of anilines is 1. The summed E-state index contributed by atoms with van der Waals surface area (Å²) in [6.45, 7) is 6.03. The van der Waals surface area contributed by atoms with Crippen molar-refractivity contribution in [3.05, 3.63) is 59.8 Å². The summed E-state index contributed by atoms with van der Waals surface area (Å²) in [5, 5.41) is 16.3. The van der Waals surface area contributed by atoms with Crippen LogP contribution in [0.25, 0.3) is 10.8 Å². The molecular weight excluding hydrogens is 394 g/mol. The zero-order chi connectivity index (χ0) is 21.8. The van der Waals surface area contributed by atoms with E-state index in [1.54, 1.807) is 19.9 Å². The monoisotopic (exact) mass is 421 g/mol.